The van der Waals surface area contributed by atoms with Crippen LogP contribution in [0.2, 0.25) is 0 Å². The molecule has 25 heavy (non-hydrogen) atoms. The summed E-state index contributed by atoms with van der Waals surface area (Å²) in [5.41, 5.74) is 2.23. The monoisotopic (exact) mass is 335 g/mol. The summed E-state index contributed by atoms with van der Waals surface area (Å²) in [6.07, 6.45) is 3.24. The number of aryl methyl sites for hydroxylation is 1. The van der Waals surface area contributed by atoms with Crippen molar-refractivity contribution in [2.45, 2.75) is 20.0 Å². The molecule has 1 aliphatic heterocycles. The van der Waals surface area contributed by atoms with Gasteiger partial charge in [-0.25, -0.2) is 4.79 Å². The van der Waals surface area contributed by atoms with Gasteiger partial charge in [-0.3, -0.25) is 14.3 Å². The van der Waals surface area contributed by atoms with E-state index in [4.69, 9.17) is 0 Å². The van der Waals surface area contributed by atoms with E-state index in [1.165, 1.54) is 4.68 Å². The lowest BCUT2D eigenvalue weighted by Crippen LogP contribution is -2.40. The Morgan fingerprint density at radius 2 is 1.76 bits per heavy atom. The van der Waals surface area contributed by atoms with Crippen molar-refractivity contribution in [1.82, 2.24) is 24.2 Å². The number of rotatable bonds is 2. The molecular formula is C18H17N5O2. The quantitative estimate of drug-likeness (QED) is 0.709. The van der Waals surface area contributed by atoms with Crippen LogP contribution in [0.25, 0.3) is 5.69 Å². The van der Waals surface area contributed by atoms with Crippen molar-refractivity contribution >= 4 is 5.91 Å². The van der Waals surface area contributed by atoms with Crippen molar-refractivity contribution in [2.75, 3.05) is 6.54 Å². The van der Waals surface area contributed by atoms with Crippen LogP contribution in [0.3, 0.4) is 0 Å². The number of fused-ring (bicyclic) bond motifs is 1. The molecule has 0 aliphatic carbocycles. The van der Waals surface area contributed by atoms with Crippen LogP contribution in [0, 0.1) is 6.92 Å². The highest BCUT2D eigenvalue weighted by Gasteiger charge is 2.26. The van der Waals surface area contributed by atoms with Gasteiger partial charge in [-0.2, -0.15) is 4.68 Å². The van der Waals surface area contributed by atoms with Gasteiger partial charge < -0.3 is 4.90 Å². The van der Waals surface area contributed by atoms with Crippen LogP contribution in [0.4, 0.5) is 0 Å². The molecule has 3 heterocycles. The minimum absolute atomic E-state index is 0.0443. The lowest BCUT2D eigenvalue weighted by atomic mass is 10.1. The fourth-order valence-corrected chi connectivity index (χ4v) is 2.95. The first-order valence-electron chi connectivity index (χ1n) is 8.08. The van der Waals surface area contributed by atoms with Crippen molar-refractivity contribution in [1.29, 1.82) is 0 Å². The van der Waals surface area contributed by atoms with Crippen molar-refractivity contribution in [3.63, 3.8) is 0 Å². The largest absolute Gasteiger partial charge is 0.350 e. The molecule has 0 radical (unpaired) electrons. The molecule has 3 aromatic rings. The molecule has 0 N–H and O–H groups in total. The van der Waals surface area contributed by atoms with Crippen LogP contribution in [-0.2, 0) is 13.1 Å². The fourth-order valence-electron chi connectivity index (χ4n) is 2.95. The number of benzene rings is 1. The zero-order valence-electron chi connectivity index (χ0n) is 13.8. The summed E-state index contributed by atoms with van der Waals surface area (Å²) in [6.45, 7) is 3.23. The third kappa shape index (κ3) is 2.73. The number of carbonyl (C=O) groups is 1. The topological polar surface area (TPSA) is 73.0 Å². The van der Waals surface area contributed by atoms with E-state index in [-0.39, 0.29) is 11.6 Å². The van der Waals surface area contributed by atoms with Crippen molar-refractivity contribution in [3.05, 3.63) is 76.2 Å². The third-order valence-corrected chi connectivity index (χ3v) is 4.36. The molecule has 7 nitrogen and oxygen atoms in total. The standard InChI is InChI=1S/C18H17N5O2/c1-13-2-4-14(5-3-13)17(24)21-10-11-22-16(12-21)20-23(18(22)25)15-6-8-19-9-7-15/h2-9H,10-12H2,1H3. The molecule has 0 spiro atoms. The van der Waals surface area contributed by atoms with Crippen molar-refractivity contribution < 1.29 is 4.79 Å². The SMILES string of the molecule is Cc1ccc(C(=O)N2CCn3c(nn(-c4ccncc4)c3=O)C2)cc1. The Kier molecular flexibility index (Phi) is 3.68. The molecule has 0 bridgehead atoms. The Morgan fingerprint density at radius 3 is 2.48 bits per heavy atom. The highest BCUT2D eigenvalue weighted by molar-refractivity contribution is 5.94. The number of hydrogen-bond donors (Lipinski definition) is 0. The molecule has 0 saturated heterocycles. The lowest BCUT2D eigenvalue weighted by Gasteiger charge is -2.26. The van der Waals surface area contributed by atoms with Crippen LogP contribution in [0.1, 0.15) is 21.7 Å². The van der Waals surface area contributed by atoms with Crippen LogP contribution >= 0.6 is 0 Å². The molecule has 2 aromatic heterocycles. The predicted molar refractivity (Wildman–Crippen MR) is 91.5 cm³/mol. The molecule has 7 heteroatoms. The molecule has 1 amide bonds. The Bertz CT molecular complexity index is 973. The zero-order chi connectivity index (χ0) is 17.4. The van der Waals surface area contributed by atoms with Crippen LogP contribution < -0.4 is 5.69 Å². The van der Waals surface area contributed by atoms with E-state index in [1.54, 1.807) is 34.0 Å². The van der Waals surface area contributed by atoms with Gasteiger partial charge in [0, 0.05) is 31.0 Å². The second-order valence-corrected chi connectivity index (χ2v) is 6.06. The predicted octanol–water partition coefficient (Wildman–Crippen LogP) is 1.39. The van der Waals surface area contributed by atoms with Crippen LogP contribution in [-0.4, -0.2) is 36.7 Å². The van der Waals surface area contributed by atoms with Gasteiger partial charge >= 0.3 is 5.69 Å². The first-order chi connectivity index (χ1) is 12.1. The molecule has 0 atom stereocenters. The minimum Gasteiger partial charge on any atom is -0.329 e. The highest BCUT2D eigenvalue weighted by Crippen LogP contribution is 2.14. The summed E-state index contributed by atoms with van der Waals surface area (Å²) in [5.74, 6) is 0.547. The molecule has 126 valence electrons. The molecule has 4 rings (SSSR count). The second-order valence-electron chi connectivity index (χ2n) is 6.06. The van der Waals surface area contributed by atoms with E-state index in [9.17, 15) is 9.59 Å². The van der Waals surface area contributed by atoms with Crippen LogP contribution in [0.5, 0.6) is 0 Å². The van der Waals surface area contributed by atoms with Gasteiger partial charge in [-0.05, 0) is 31.2 Å². The van der Waals surface area contributed by atoms with Gasteiger partial charge in [0.2, 0.25) is 0 Å². The van der Waals surface area contributed by atoms with E-state index in [2.05, 4.69) is 10.1 Å². The van der Waals surface area contributed by atoms with Gasteiger partial charge in [0.05, 0.1) is 12.2 Å². The lowest BCUT2D eigenvalue weighted by molar-refractivity contribution is 0.0706. The Morgan fingerprint density at radius 1 is 1.04 bits per heavy atom. The van der Waals surface area contributed by atoms with E-state index in [0.29, 0.717) is 36.7 Å². The Hall–Kier alpha value is -3.22. The summed E-state index contributed by atoms with van der Waals surface area (Å²) in [7, 11) is 0. The van der Waals surface area contributed by atoms with Crippen LogP contribution in [0.15, 0.2) is 53.6 Å². The van der Waals surface area contributed by atoms with E-state index < -0.39 is 0 Å². The maximum Gasteiger partial charge on any atom is 0.350 e. The van der Waals surface area contributed by atoms with Crippen molar-refractivity contribution in [3.8, 4) is 5.69 Å². The second kappa shape index (κ2) is 6.01. The maximum atomic E-state index is 12.7. The van der Waals surface area contributed by atoms with E-state index >= 15 is 0 Å². The smallest absolute Gasteiger partial charge is 0.329 e. The number of amides is 1. The summed E-state index contributed by atoms with van der Waals surface area (Å²) < 4.78 is 2.98. The summed E-state index contributed by atoms with van der Waals surface area (Å²) >= 11 is 0. The molecular weight excluding hydrogens is 318 g/mol. The molecule has 1 aromatic carbocycles. The average molecular weight is 335 g/mol. The molecule has 0 saturated carbocycles. The third-order valence-electron chi connectivity index (χ3n) is 4.36. The van der Waals surface area contributed by atoms with Gasteiger partial charge in [0.1, 0.15) is 0 Å². The normalized spacial score (nSPS) is 13.6. The van der Waals surface area contributed by atoms with Gasteiger partial charge in [0.25, 0.3) is 5.91 Å². The highest BCUT2D eigenvalue weighted by atomic mass is 16.2. The Balaban J connectivity index is 1.62. The van der Waals surface area contributed by atoms with E-state index in [1.807, 2.05) is 31.2 Å². The summed E-state index contributed by atoms with van der Waals surface area (Å²) in [4.78, 5) is 30.9. The van der Waals surface area contributed by atoms with Gasteiger partial charge in [0.15, 0.2) is 5.82 Å². The molecule has 0 fully saturated rings. The molecule has 0 unspecified atom stereocenters. The first kappa shape index (κ1) is 15.3. The van der Waals surface area contributed by atoms with Gasteiger partial charge in [-0.15, -0.1) is 5.10 Å². The maximum absolute atomic E-state index is 12.7. The number of nitrogens with zero attached hydrogens (tertiary/aromatic N) is 5. The van der Waals surface area contributed by atoms with Crippen molar-refractivity contribution in [2.24, 2.45) is 0 Å². The number of carbonyl (C=O) groups excluding carboxylic acids is 1. The summed E-state index contributed by atoms with van der Waals surface area (Å²) in [6, 6.07) is 11.0. The van der Waals surface area contributed by atoms with E-state index in [0.717, 1.165) is 5.56 Å². The number of pyridine rings is 1. The Labute approximate surface area is 144 Å². The fraction of sp³-hybridized carbons (Fsp3) is 0.222. The van der Waals surface area contributed by atoms with Gasteiger partial charge in [-0.1, -0.05) is 17.7 Å². The average Bonchev–Trinajstić information content (AvgIpc) is 2.99. The number of aromatic nitrogens is 4. The number of hydrogen-bond acceptors (Lipinski definition) is 4. The zero-order valence-corrected chi connectivity index (χ0v) is 13.8. The minimum atomic E-state index is -0.191. The summed E-state index contributed by atoms with van der Waals surface area (Å²) in [5, 5.41) is 4.41. The molecule has 1 aliphatic rings. The first-order valence-corrected chi connectivity index (χ1v) is 8.08.